The molecule has 0 aromatic carbocycles. The maximum absolute atomic E-state index is 15.2. The summed E-state index contributed by atoms with van der Waals surface area (Å²) >= 11 is 0. The van der Waals surface area contributed by atoms with Crippen LogP contribution in [0.1, 0.15) is 52.8 Å². The largest absolute Gasteiger partial charge is 0.510 e. The molecule has 1 aromatic rings. The van der Waals surface area contributed by atoms with Crippen LogP contribution < -0.4 is 11.2 Å². The topological polar surface area (TPSA) is 200 Å². The predicted molar refractivity (Wildman–Crippen MR) is 131 cm³/mol. The van der Waals surface area contributed by atoms with Crippen molar-refractivity contribution >= 4 is 20.1 Å². The molecule has 1 aromatic heterocycles. The van der Waals surface area contributed by atoms with Crippen LogP contribution in [0.2, 0.25) is 0 Å². The van der Waals surface area contributed by atoms with Crippen LogP contribution in [0.3, 0.4) is 0 Å². The van der Waals surface area contributed by atoms with Crippen molar-refractivity contribution in [1.29, 1.82) is 0 Å². The second kappa shape index (κ2) is 14.2. The van der Waals surface area contributed by atoms with Gasteiger partial charge in [-0.15, -0.1) is 0 Å². The molecule has 1 saturated heterocycles. The van der Waals surface area contributed by atoms with Gasteiger partial charge in [0.2, 0.25) is 13.6 Å². The number of hydrogen-bond acceptors (Lipinski definition) is 14. The van der Waals surface area contributed by atoms with E-state index in [1.54, 1.807) is 27.7 Å². The molecule has 40 heavy (non-hydrogen) atoms. The van der Waals surface area contributed by atoms with E-state index in [1.807, 2.05) is 4.98 Å². The third-order valence-corrected chi connectivity index (χ3v) is 6.68. The number of ether oxygens (including phenoxy) is 5. The number of nitrogens with one attached hydrogen (secondary N) is 1. The van der Waals surface area contributed by atoms with Crippen LogP contribution in [0.4, 0.5) is 14.0 Å². The van der Waals surface area contributed by atoms with E-state index in [2.05, 4.69) is 9.47 Å². The van der Waals surface area contributed by atoms with Gasteiger partial charge >= 0.3 is 25.8 Å². The predicted octanol–water partition coefficient (Wildman–Crippen LogP) is 2.42. The Hall–Kier alpha value is -2.82. The van der Waals surface area contributed by atoms with Gasteiger partial charge in [0.25, 0.3) is 5.56 Å². The maximum atomic E-state index is 15.2. The molecule has 228 valence electrons. The van der Waals surface area contributed by atoms with Crippen LogP contribution in [0.15, 0.2) is 15.8 Å². The first-order valence-corrected chi connectivity index (χ1v) is 13.6. The molecule has 18 heteroatoms. The molecule has 1 fully saturated rings. The van der Waals surface area contributed by atoms with Gasteiger partial charge in [0.05, 0.1) is 18.8 Å². The Bertz CT molecular complexity index is 1150. The highest BCUT2D eigenvalue weighted by molar-refractivity contribution is 7.48. The zero-order chi connectivity index (χ0) is 30.3. The fraction of sp³-hybridized carbons (Fsp3) is 0.727. The Morgan fingerprint density at radius 3 is 2.10 bits per heavy atom. The summed E-state index contributed by atoms with van der Waals surface area (Å²) in [5, 5.41) is 10.7. The Morgan fingerprint density at radius 1 is 1.10 bits per heavy atom. The van der Waals surface area contributed by atoms with Crippen molar-refractivity contribution in [2.45, 2.75) is 84.3 Å². The number of nitrogens with zero attached hydrogens (tertiary/aromatic N) is 1. The third kappa shape index (κ3) is 8.84. The van der Waals surface area contributed by atoms with Crippen LogP contribution in [0, 0.1) is 6.92 Å². The third-order valence-electron chi connectivity index (χ3n) is 5.39. The summed E-state index contributed by atoms with van der Waals surface area (Å²) in [5.41, 5.74) is -3.50. The highest BCUT2D eigenvalue weighted by atomic mass is 31.2. The number of aliphatic hydroxyl groups is 1. The zero-order valence-electron chi connectivity index (χ0n) is 22.8. The molecule has 1 aliphatic rings. The van der Waals surface area contributed by atoms with Crippen LogP contribution in [0.5, 0.6) is 0 Å². The number of phosphoric ester groups is 1. The number of aromatic nitrogens is 2. The highest BCUT2D eigenvalue weighted by Crippen LogP contribution is 2.52. The lowest BCUT2D eigenvalue weighted by Crippen LogP contribution is -2.45. The number of halogens is 1. The first-order chi connectivity index (χ1) is 18.6. The molecule has 16 nitrogen and oxygen atoms in total. The minimum Gasteiger partial charge on any atom is -0.432 e. The summed E-state index contributed by atoms with van der Waals surface area (Å²) in [6, 6.07) is 0. The zero-order valence-corrected chi connectivity index (χ0v) is 23.7. The summed E-state index contributed by atoms with van der Waals surface area (Å²) in [7, 11) is -4.77. The summed E-state index contributed by atoms with van der Waals surface area (Å²) < 4.78 is 68.9. The average Bonchev–Trinajstić information content (AvgIpc) is 3.10. The van der Waals surface area contributed by atoms with Gasteiger partial charge in [-0.1, -0.05) is 6.92 Å². The minimum absolute atomic E-state index is 0.0772. The molecule has 0 spiro atoms. The van der Waals surface area contributed by atoms with E-state index in [0.717, 1.165) is 10.8 Å². The van der Waals surface area contributed by atoms with E-state index in [-0.39, 0.29) is 12.0 Å². The van der Waals surface area contributed by atoms with Gasteiger partial charge in [-0.25, -0.2) is 32.4 Å². The number of alkyl halides is 1. The first kappa shape index (κ1) is 33.4. The number of rotatable bonds is 13. The van der Waals surface area contributed by atoms with Crippen LogP contribution >= 0.6 is 7.82 Å². The summed E-state index contributed by atoms with van der Waals surface area (Å²) in [4.78, 5) is 49.2. The molecule has 1 aliphatic heterocycles. The van der Waals surface area contributed by atoms with Crippen molar-refractivity contribution in [2.75, 3.05) is 20.2 Å². The van der Waals surface area contributed by atoms with Gasteiger partial charge in [-0.05, 0) is 41.0 Å². The van der Waals surface area contributed by atoms with E-state index in [9.17, 15) is 28.8 Å². The lowest BCUT2D eigenvalue weighted by atomic mass is 9.94. The minimum atomic E-state index is -4.77. The smallest absolute Gasteiger partial charge is 0.432 e. The Labute approximate surface area is 228 Å². The number of aromatic amines is 1. The van der Waals surface area contributed by atoms with Gasteiger partial charge < -0.3 is 28.8 Å². The van der Waals surface area contributed by atoms with E-state index in [1.165, 1.54) is 13.8 Å². The monoisotopic (exact) mass is 600 g/mol. The van der Waals surface area contributed by atoms with Crippen molar-refractivity contribution in [2.24, 2.45) is 0 Å². The van der Waals surface area contributed by atoms with Gasteiger partial charge in [0.1, 0.15) is 11.7 Å². The van der Waals surface area contributed by atoms with E-state index in [0.29, 0.717) is 0 Å². The molecule has 0 amide bonds. The fourth-order valence-corrected chi connectivity index (χ4v) is 4.32. The quantitative estimate of drug-likeness (QED) is 0.190. The van der Waals surface area contributed by atoms with Crippen molar-refractivity contribution in [1.82, 2.24) is 9.55 Å². The molecule has 2 rings (SSSR count). The SMILES string of the molecule is CC[C@]1(COP(=O)(OCOC(=O)OC(C)C)OCOC(=O)OC(C)C)O[C@@H](n2cc(C)c(=O)[nH]c2=O)[C@@H](F)[C@@H]1O. The Kier molecular flexibility index (Phi) is 11.8. The number of H-pyrrole nitrogens is 1. The Balaban J connectivity index is 2.20. The standard InChI is InChI=1S/C22H34FN2O14P/c1-7-22(16(26)15(23)18(39-22)25-8-14(6)17(27)24-19(25)28)9-34-40(31,35-10-32-20(29)37-12(2)3)36-11-33-21(30)38-13(4)5/h8,12-13,15-16,18,26H,7,9-11H2,1-6H3,(H,24,27,28)/t15-,16-,18+,22+/m0/s1. The van der Waals surface area contributed by atoms with Crippen molar-refractivity contribution < 1.29 is 60.9 Å². The lowest BCUT2D eigenvalue weighted by molar-refractivity contribution is -0.133. The number of aryl methyl sites for hydroxylation is 1. The van der Waals surface area contributed by atoms with Crippen molar-refractivity contribution in [3.05, 3.63) is 32.6 Å². The molecule has 0 aliphatic carbocycles. The maximum Gasteiger partial charge on any atom is 0.510 e. The van der Waals surface area contributed by atoms with Crippen LogP contribution in [-0.4, -0.2) is 77.2 Å². The molecule has 0 radical (unpaired) electrons. The molecule has 0 bridgehead atoms. The van der Waals surface area contributed by atoms with Crippen LogP contribution in [-0.2, 0) is 41.8 Å². The normalized spacial score (nSPS) is 22.9. The molecule has 4 atom stereocenters. The molecular formula is C22H34FN2O14P. The van der Waals surface area contributed by atoms with Gasteiger partial charge in [0.15, 0.2) is 12.4 Å². The number of carbonyl (C=O) groups is 2. The molecule has 2 heterocycles. The van der Waals surface area contributed by atoms with E-state index >= 15 is 4.39 Å². The first-order valence-electron chi connectivity index (χ1n) is 12.2. The number of hydrogen-bond donors (Lipinski definition) is 2. The number of phosphoric acid groups is 1. The van der Waals surface area contributed by atoms with Gasteiger partial charge in [-0.2, -0.15) is 0 Å². The van der Waals surface area contributed by atoms with Gasteiger partial charge in [-0.3, -0.25) is 18.9 Å². The van der Waals surface area contributed by atoms with Crippen molar-refractivity contribution in [3.8, 4) is 0 Å². The molecule has 0 unspecified atom stereocenters. The van der Waals surface area contributed by atoms with E-state index in [4.69, 9.17) is 27.8 Å². The lowest BCUT2D eigenvalue weighted by Gasteiger charge is -2.31. The summed E-state index contributed by atoms with van der Waals surface area (Å²) in [6.07, 6.45) is -8.24. The fourth-order valence-electron chi connectivity index (χ4n) is 3.35. The summed E-state index contributed by atoms with van der Waals surface area (Å²) in [6.45, 7) is 6.26. The van der Waals surface area contributed by atoms with Gasteiger partial charge in [0, 0.05) is 11.8 Å². The number of carbonyl (C=O) groups excluding carboxylic acids is 2. The molecule has 2 N–H and O–H groups in total. The number of aliphatic hydroxyl groups excluding tert-OH is 1. The second-order valence-electron chi connectivity index (χ2n) is 9.13. The van der Waals surface area contributed by atoms with Crippen LogP contribution in [0.25, 0.3) is 0 Å². The summed E-state index contributed by atoms with van der Waals surface area (Å²) in [5.74, 6) is 0. The van der Waals surface area contributed by atoms with E-state index < -0.39 is 87.9 Å². The van der Waals surface area contributed by atoms with Crippen molar-refractivity contribution in [3.63, 3.8) is 0 Å². The molecular weight excluding hydrogens is 566 g/mol. The second-order valence-corrected chi connectivity index (χ2v) is 10.8. The highest BCUT2D eigenvalue weighted by Gasteiger charge is 2.56. The Morgan fingerprint density at radius 2 is 1.62 bits per heavy atom. The average molecular weight is 600 g/mol. The molecule has 0 saturated carbocycles.